The number of amides is 3. The Morgan fingerprint density at radius 1 is 1.15 bits per heavy atom. The van der Waals surface area contributed by atoms with Crippen molar-refractivity contribution in [1.29, 1.82) is 0 Å². The molecule has 0 spiro atoms. The number of rotatable bonds is 8. The molecule has 1 fully saturated rings. The molecule has 1 saturated carbocycles. The Labute approximate surface area is 160 Å². The third kappa shape index (κ3) is 5.05. The number of urea groups is 1. The molecule has 1 aromatic carbocycles. The van der Waals surface area contributed by atoms with Crippen LogP contribution in [0, 0.1) is 5.92 Å². The quantitative estimate of drug-likeness (QED) is 0.731. The van der Waals surface area contributed by atoms with Crippen LogP contribution in [0.5, 0.6) is 11.5 Å². The van der Waals surface area contributed by atoms with Crippen LogP contribution in [0.15, 0.2) is 18.2 Å². The summed E-state index contributed by atoms with van der Waals surface area (Å²) >= 11 is 0. The van der Waals surface area contributed by atoms with Gasteiger partial charge in [-0.3, -0.25) is 4.79 Å². The van der Waals surface area contributed by atoms with Gasteiger partial charge in [-0.05, 0) is 50.3 Å². The number of carbonyl (C=O) groups is 2. The molecule has 2 aliphatic rings. The minimum Gasteiger partial charge on any atom is -0.486 e. The highest BCUT2D eigenvalue weighted by molar-refractivity contribution is 5.78. The van der Waals surface area contributed by atoms with E-state index in [9.17, 15) is 9.59 Å². The van der Waals surface area contributed by atoms with Crippen molar-refractivity contribution in [3.63, 3.8) is 0 Å². The molecule has 1 atom stereocenters. The number of nitrogens with one attached hydrogen (secondary N) is 2. The van der Waals surface area contributed by atoms with E-state index in [4.69, 9.17) is 9.47 Å². The van der Waals surface area contributed by atoms with Crippen LogP contribution in [-0.2, 0) is 4.79 Å². The van der Waals surface area contributed by atoms with Gasteiger partial charge in [0.25, 0.3) is 0 Å². The van der Waals surface area contributed by atoms with Gasteiger partial charge < -0.3 is 25.0 Å². The van der Waals surface area contributed by atoms with Crippen molar-refractivity contribution in [1.82, 2.24) is 15.5 Å². The van der Waals surface area contributed by atoms with Crippen molar-refractivity contribution < 1.29 is 19.1 Å². The number of nitrogens with zero attached hydrogens (tertiary/aromatic N) is 1. The maximum atomic E-state index is 12.3. The van der Waals surface area contributed by atoms with Gasteiger partial charge in [0.05, 0.1) is 6.04 Å². The molecular formula is C20H29N3O4. The normalized spacial score (nSPS) is 16.4. The third-order valence-corrected chi connectivity index (χ3v) is 5.05. The summed E-state index contributed by atoms with van der Waals surface area (Å²) in [6.45, 7) is 6.72. The van der Waals surface area contributed by atoms with Crippen molar-refractivity contribution in [2.75, 3.05) is 32.8 Å². The van der Waals surface area contributed by atoms with E-state index in [1.54, 1.807) is 4.90 Å². The summed E-state index contributed by atoms with van der Waals surface area (Å²) in [4.78, 5) is 26.1. The molecule has 148 valence electrons. The molecular weight excluding hydrogens is 346 g/mol. The molecule has 2 N–H and O–H groups in total. The summed E-state index contributed by atoms with van der Waals surface area (Å²) in [7, 11) is 0. The first-order valence-electron chi connectivity index (χ1n) is 9.84. The molecule has 1 unspecified atom stereocenters. The van der Waals surface area contributed by atoms with Gasteiger partial charge in [0, 0.05) is 26.1 Å². The number of hydrogen-bond acceptors (Lipinski definition) is 4. The van der Waals surface area contributed by atoms with E-state index in [1.165, 1.54) is 0 Å². The van der Waals surface area contributed by atoms with Crippen LogP contribution in [0.2, 0.25) is 0 Å². The topological polar surface area (TPSA) is 79.9 Å². The van der Waals surface area contributed by atoms with E-state index >= 15 is 0 Å². The summed E-state index contributed by atoms with van der Waals surface area (Å²) in [5, 5.41) is 5.87. The fraction of sp³-hybridized carbons (Fsp3) is 0.600. The number of ether oxygens (including phenoxy) is 2. The second kappa shape index (κ2) is 8.97. The fourth-order valence-corrected chi connectivity index (χ4v) is 3.37. The second-order valence-electron chi connectivity index (χ2n) is 6.93. The molecule has 1 heterocycles. The summed E-state index contributed by atoms with van der Waals surface area (Å²) in [5.74, 6) is 1.98. The molecule has 7 heteroatoms. The maximum absolute atomic E-state index is 12.3. The zero-order chi connectivity index (χ0) is 19.2. The predicted molar refractivity (Wildman–Crippen MR) is 102 cm³/mol. The van der Waals surface area contributed by atoms with Gasteiger partial charge in [-0.15, -0.1) is 0 Å². The lowest BCUT2D eigenvalue weighted by Crippen LogP contribution is -2.41. The van der Waals surface area contributed by atoms with Crippen LogP contribution in [0.3, 0.4) is 0 Å². The Morgan fingerprint density at radius 2 is 1.85 bits per heavy atom. The van der Waals surface area contributed by atoms with Crippen LogP contribution >= 0.6 is 0 Å². The molecule has 0 aromatic heterocycles. The molecule has 0 saturated heterocycles. The molecule has 1 aliphatic heterocycles. The Balaban J connectivity index is 1.54. The van der Waals surface area contributed by atoms with Gasteiger partial charge in [-0.2, -0.15) is 0 Å². The third-order valence-electron chi connectivity index (χ3n) is 5.05. The highest BCUT2D eigenvalue weighted by Gasteiger charge is 2.34. The zero-order valence-corrected chi connectivity index (χ0v) is 16.1. The largest absolute Gasteiger partial charge is 0.486 e. The minimum absolute atomic E-state index is 0.0562. The van der Waals surface area contributed by atoms with Crippen molar-refractivity contribution in [3.05, 3.63) is 23.8 Å². The standard InChI is InChI=1S/C20H29N3O4/c1-3-23(4-2)18(24)9-10-21-20(25)22-19(14-5-6-14)15-7-8-16-17(13-15)27-12-11-26-16/h7-8,13-14,19H,3-6,9-12H2,1-2H3,(H2,21,22,25). The summed E-state index contributed by atoms with van der Waals surface area (Å²) in [6.07, 6.45) is 2.51. The average Bonchev–Trinajstić information content (AvgIpc) is 3.52. The summed E-state index contributed by atoms with van der Waals surface area (Å²) < 4.78 is 11.2. The van der Waals surface area contributed by atoms with E-state index in [1.807, 2.05) is 32.0 Å². The van der Waals surface area contributed by atoms with Crippen molar-refractivity contribution in [2.24, 2.45) is 5.92 Å². The fourth-order valence-electron chi connectivity index (χ4n) is 3.37. The van der Waals surface area contributed by atoms with Gasteiger partial charge >= 0.3 is 6.03 Å². The van der Waals surface area contributed by atoms with Crippen molar-refractivity contribution >= 4 is 11.9 Å². The van der Waals surface area contributed by atoms with Crippen LogP contribution in [0.25, 0.3) is 0 Å². The highest BCUT2D eigenvalue weighted by Crippen LogP contribution is 2.43. The summed E-state index contributed by atoms with van der Waals surface area (Å²) in [6, 6.07) is 5.55. The van der Waals surface area contributed by atoms with Crippen LogP contribution < -0.4 is 20.1 Å². The molecule has 0 bridgehead atoms. The zero-order valence-electron chi connectivity index (χ0n) is 16.1. The van der Waals surface area contributed by atoms with Gasteiger partial charge in [-0.1, -0.05) is 6.07 Å². The Bertz CT molecular complexity index is 671. The van der Waals surface area contributed by atoms with Crippen LogP contribution in [0.1, 0.15) is 44.7 Å². The molecule has 3 amide bonds. The Morgan fingerprint density at radius 3 is 2.52 bits per heavy atom. The Kier molecular flexibility index (Phi) is 6.42. The van der Waals surface area contributed by atoms with Crippen LogP contribution in [0.4, 0.5) is 4.79 Å². The number of carbonyl (C=O) groups excluding carboxylic acids is 2. The molecule has 0 radical (unpaired) electrons. The van der Waals surface area contributed by atoms with E-state index in [2.05, 4.69) is 10.6 Å². The minimum atomic E-state index is -0.242. The Hall–Kier alpha value is -2.44. The van der Waals surface area contributed by atoms with Gasteiger partial charge in [0.15, 0.2) is 11.5 Å². The lowest BCUT2D eigenvalue weighted by molar-refractivity contribution is -0.130. The molecule has 3 rings (SSSR count). The second-order valence-corrected chi connectivity index (χ2v) is 6.93. The number of hydrogen-bond donors (Lipinski definition) is 2. The first-order valence-corrected chi connectivity index (χ1v) is 9.84. The van der Waals surface area contributed by atoms with Gasteiger partial charge in [-0.25, -0.2) is 4.79 Å². The SMILES string of the molecule is CCN(CC)C(=O)CCNC(=O)NC(c1ccc2c(c1)OCCO2)C1CC1. The van der Waals surface area contributed by atoms with Gasteiger partial charge in [0.1, 0.15) is 13.2 Å². The molecule has 7 nitrogen and oxygen atoms in total. The van der Waals surface area contributed by atoms with Gasteiger partial charge in [0.2, 0.25) is 5.91 Å². The van der Waals surface area contributed by atoms with E-state index < -0.39 is 0 Å². The monoisotopic (exact) mass is 375 g/mol. The number of fused-ring (bicyclic) bond motifs is 1. The van der Waals surface area contributed by atoms with E-state index in [0.717, 1.165) is 29.9 Å². The van der Waals surface area contributed by atoms with E-state index in [-0.39, 0.29) is 18.0 Å². The predicted octanol–water partition coefficient (Wildman–Crippen LogP) is 2.47. The van der Waals surface area contributed by atoms with Crippen LogP contribution in [-0.4, -0.2) is 49.7 Å². The number of benzene rings is 1. The molecule has 1 aromatic rings. The average molecular weight is 375 g/mol. The molecule has 1 aliphatic carbocycles. The maximum Gasteiger partial charge on any atom is 0.315 e. The van der Waals surface area contributed by atoms with E-state index in [0.29, 0.717) is 45.2 Å². The lowest BCUT2D eigenvalue weighted by atomic mass is 10.0. The first-order chi connectivity index (χ1) is 13.1. The van der Waals surface area contributed by atoms with Crippen molar-refractivity contribution in [3.8, 4) is 11.5 Å². The summed E-state index contributed by atoms with van der Waals surface area (Å²) in [5.41, 5.74) is 1.02. The highest BCUT2D eigenvalue weighted by atomic mass is 16.6. The lowest BCUT2D eigenvalue weighted by Gasteiger charge is -2.23. The van der Waals surface area contributed by atoms with Crippen molar-refractivity contribution in [2.45, 2.75) is 39.2 Å². The molecule has 27 heavy (non-hydrogen) atoms. The first kappa shape index (κ1) is 19.3. The smallest absolute Gasteiger partial charge is 0.315 e.